The first kappa shape index (κ1) is 20.4. The van der Waals surface area contributed by atoms with Gasteiger partial charge in [-0.05, 0) is 36.6 Å². The summed E-state index contributed by atoms with van der Waals surface area (Å²) in [5.41, 5.74) is 1.25. The van der Waals surface area contributed by atoms with Gasteiger partial charge in [0.2, 0.25) is 10.0 Å². The quantitative estimate of drug-likeness (QED) is 0.801. The van der Waals surface area contributed by atoms with Gasteiger partial charge in [0.15, 0.2) is 0 Å². The molecule has 2 heterocycles. The van der Waals surface area contributed by atoms with Crippen molar-refractivity contribution in [3.05, 3.63) is 47.8 Å². The highest BCUT2D eigenvalue weighted by Gasteiger charge is 2.27. The van der Waals surface area contributed by atoms with E-state index >= 15 is 0 Å². The summed E-state index contributed by atoms with van der Waals surface area (Å²) in [6, 6.07) is 8.87. The zero-order chi connectivity index (χ0) is 20.1. The number of rotatable bonds is 6. The Balaban J connectivity index is 1.70. The van der Waals surface area contributed by atoms with Gasteiger partial charge in [-0.3, -0.25) is 4.79 Å². The molecule has 1 saturated heterocycles. The number of ether oxygens (including phenoxy) is 1. The third-order valence-corrected chi connectivity index (χ3v) is 6.89. The lowest BCUT2D eigenvalue weighted by Crippen LogP contribution is -2.31. The van der Waals surface area contributed by atoms with E-state index in [0.717, 1.165) is 37.0 Å². The van der Waals surface area contributed by atoms with E-state index in [0.29, 0.717) is 25.3 Å². The molecular formula is C20H27N3O4S. The van der Waals surface area contributed by atoms with Crippen LogP contribution in [0.3, 0.4) is 0 Å². The van der Waals surface area contributed by atoms with Crippen molar-refractivity contribution in [2.75, 3.05) is 20.2 Å². The van der Waals surface area contributed by atoms with Crippen molar-refractivity contribution in [2.24, 2.45) is 7.05 Å². The molecule has 1 amide bonds. The lowest BCUT2D eigenvalue weighted by Gasteiger charge is -2.18. The van der Waals surface area contributed by atoms with Crippen molar-refractivity contribution in [1.82, 2.24) is 14.2 Å². The van der Waals surface area contributed by atoms with E-state index in [4.69, 9.17) is 4.74 Å². The van der Waals surface area contributed by atoms with Gasteiger partial charge in [0.05, 0.1) is 7.11 Å². The van der Waals surface area contributed by atoms with Gasteiger partial charge in [-0.25, -0.2) is 8.42 Å². The van der Waals surface area contributed by atoms with Crippen LogP contribution in [0.2, 0.25) is 0 Å². The number of sulfonamides is 1. The average Bonchev–Trinajstić information content (AvgIpc) is 2.91. The Bertz CT molecular complexity index is 911. The molecule has 2 aromatic rings. The number of aromatic nitrogens is 1. The molecule has 1 aromatic carbocycles. The smallest absolute Gasteiger partial charge is 0.268 e. The Kier molecular flexibility index (Phi) is 6.41. The zero-order valence-electron chi connectivity index (χ0n) is 16.3. The molecule has 152 valence electrons. The first-order chi connectivity index (χ1) is 13.4. The molecule has 7 nitrogen and oxygen atoms in total. The molecule has 0 radical (unpaired) electrons. The van der Waals surface area contributed by atoms with Gasteiger partial charge in [-0.15, -0.1) is 0 Å². The van der Waals surface area contributed by atoms with Crippen molar-refractivity contribution in [2.45, 2.75) is 37.1 Å². The average molecular weight is 406 g/mol. The molecule has 0 saturated carbocycles. The second-order valence-corrected chi connectivity index (χ2v) is 8.96. The molecule has 1 aliphatic rings. The SMILES string of the molecule is COc1ccc(CNC(=O)c2cc(S(=O)(=O)N3CCCCCC3)cn2C)cc1. The molecular weight excluding hydrogens is 378 g/mol. The molecule has 1 aromatic heterocycles. The second-order valence-electron chi connectivity index (χ2n) is 7.02. The minimum absolute atomic E-state index is 0.173. The fourth-order valence-electron chi connectivity index (χ4n) is 3.35. The number of aryl methyl sites for hydroxylation is 1. The Labute approximate surface area is 166 Å². The summed E-state index contributed by atoms with van der Waals surface area (Å²) in [5.74, 6) is 0.441. The van der Waals surface area contributed by atoms with Gasteiger partial charge < -0.3 is 14.6 Å². The fraction of sp³-hybridized carbons (Fsp3) is 0.450. The highest BCUT2D eigenvalue weighted by molar-refractivity contribution is 7.89. The van der Waals surface area contributed by atoms with E-state index in [2.05, 4.69) is 5.32 Å². The summed E-state index contributed by atoms with van der Waals surface area (Å²) >= 11 is 0. The van der Waals surface area contributed by atoms with E-state index in [1.54, 1.807) is 18.7 Å². The number of hydrogen-bond acceptors (Lipinski definition) is 4. The van der Waals surface area contributed by atoms with E-state index in [9.17, 15) is 13.2 Å². The molecule has 8 heteroatoms. The summed E-state index contributed by atoms with van der Waals surface area (Å²) in [5, 5.41) is 2.84. The summed E-state index contributed by atoms with van der Waals surface area (Å²) < 4.78 is 34.1. The summed E-state index contributed by atoms with van der Waals surface area (Å²) in [6.07, 6.45) is 5.38. The molecule has 1 aliphatic heterocycles. The molecule has 28 heavy (non-hydrogen) atoms. The van der Waals surface area contributed by atoms with E-state index < -0.39 is 10.0 Å². The number of nitrogens with one attached hydrogen (secondary N) is 1. The molecule has 1 fully saturated rings. The standard InChI is InChI=1S/C20H27N3O4S/c1-22-15-18(28(25,26)23-11-5-3-4-6-12-23)13-19(22)20(24)21-14-16-7-9-17(27-2)10-8-16/h7-10,13,15H,3-6,11-12,14H2,1-2H3,(H,21,24). The topological polar surface area (TPSA) is 80.6 Å². The van der Waals surface area contributed by atoms with Gasteiger partial charge in [-0.2, -0.15) is 4.31 Å². The van der Waals surface area contributed by atoms with Gasteiger partial charge in [0, 0.05) is 32.9 Å². The number of methoxy groups -OCH3 is 1. The number of benzene rings is 1. The number of nitrogens with zero attached hydrogens (tertiary/aromatic N) is 2. The number of carbonyl (C=O) groups excluding carboxylic acids is 1. The maximum atomic E-state index is 12.9. The molecule has 0 unspecified atom stereocenters. The Morgan fingerprint density at radius 3 is 2.36 bits per heavy atom. The molecule has 0 bridgehead atoms. The minimum atomic E-state index is -3.58. The second kappa shape index (κ2) is 8.79. The minimum Gasteiger partial charge on any atom is -0.497 e. The monoisotopic (exact) mass is 405 g/mol. The van der Waals surface area contributed by atoms with Gasteiger partial charge in [0.25, 0.3) is 5.91 Å². The van der Waals surface area contributed by atoms with Crippen LogP contribution in [0.25, 0.3) is 0 Å². The first-order valence-electron chi connectivity index (χ1n) is 9.49. The van der Waals surface area contributed by atoms with Crippen LogP contribution in [-0.4, -0.2) is 43.4 Å². The third kappa shape index (κ3) is 4.56. The van der Waals surface area contributed by atoms with E-state index in [-0.39, 0.29) is 10.8 Å². The van der Waals surface area contributed by atoms with Crippen molar-refractivity contribution < 1.29 is 17.9 Å². The Hall–Kier alpha value is -2.32. The van der Waals surface area contributed by atoms with E-state index in [1.165, 1.54) is 16.6 Å². The van der Waals surface area contributed by atoms with Crippen molar-refractivity contribution in [1.29, 1.82) is 0 Å². The third-order valence-electron chi connectivity index (χ3n) is 5.03. The highest BCUT2D eigenvalue weighted by atomic mass is 32.2. The normalized spacial score (nSPS) is 15.8. The molecule has 0 spiro atoms. The van der Waals surface area contributed by atoms with Crippen molar-refractivity contribution >= 4 is 15.9 Å². The van der Waals surface area contributed by atoms with Crippen LogP contribution in [0.4, 0.5) is 0 Å². The maximum Gasteiger partial charge on any atom is 0.268 e. The predicted octanol–water partition coefficient (Wildman–Crippen LogP) is 2.53. The Morgan fingerprint density at radius 2 is 1.75 bits per heavy atom. The predicted molar refractivity (Wildman–Crippen MR) is 107 cm³/mol. The van der Waals surface area contributed by atoms with Crippen LogP contribution in [0, 0.1) is 0 Å². The van der Waals surface area contributed by atoms with Crippen LogP contribution < -0.4 is 10.1 Å². The van der Waals surface area contributed by atoms with Gasteiger partial charge in [0.1, 0.15) is 16.3 Å². The largest absolute Gasteiger partial charge is 0.497 e. The number of carbonyl (C=O) groups is 1. The van der Waals surface area contributed by atoms with Crippen molar-refractivity contribution in [3.63, 3.8) is 0 Å². The van der Waals surface area contributed by atoms with Crippen molar-refractivity contribution in [3.8, 4) is 5.75 Å². The van der Waals surface area contributed by atoms with E-state index in [1.807, 2.05) is 24.3 Å². The van der Waals surface area contributed by atoms with Crippen LogP contribution in [0.1, 0.15) is 41.7 Å². The van der Waals surface area contributed by atoms with Gasteiger partial charge in [-0.1, -0.05) is 25.0 Å². The van der Waals surface area contributed by atoms with Crippen LogP contribution in [-0.2, 0) is 23.6 Å². The molecule has 1 N–H and O–H groups in total. The molecule has 3 rings (SSSR count). The van der Waals surface area contributed by atoms with Crippen LogP contribution in [0.5, 0.6) is 5.75 Å². The summed E-state index contributed by atoms with van der Waals surface area (Å²) in [4.78, 5) is 12.7. The zero-order valence-corrected chi connectivity index (χ0v) is 17.2. The maximum absolute atomic E-state index is 12.9. The summed E-state index contributed by atoms with van der Waals surface area (Å²) in [7, 11) is -0.292. The summed E-state index contributed by atoms with van der Waals surface area (Å²) in [6.45, 7) is 1.43. The lowest BCUT2D eigenvalue weighted by atomic mass is 10.2. The fourth-order valence-corrected chi connectivity index (χ4v) is 4.94. The number of hydrogen-bond donors (Lipinski definition) is 1. The molecule has 0 atom stereocenters. The van der Waals surface area contributed by atoms with Gasteiger partial charge >= 0.3 is 0 Å². The molecule has 0 aliphatic carbocycles. The van der Waals surface area contributed by atoms with Crippen LogP contribution >= 0.6 is 0 Å². The lowest BCUT2D eigenvalue weighted by molar-refractivity contribution is 0.0942. The number of amides is 1. The van der Waals surface area contributed by atoms with Crippen LogP contribution in [0.15, 0.2) is 41.4 Å². The first-order valence-corrected chi connectivity index (χ1v) is 10.9. The Morgan fingerprint density at radius 1 is 1.11 bits per heavy atom. The highest BCUT2D eigenvalue weighted by Crippen LogP contribution is 2.22.